The van der Waals surface area contributed by atoms with E-state index in [1.54, 1.807) is 12.1 Å². The SMILES string of the molecule is CCN1CCN(c2ccc(F)cc2CBr)CC1. The maximum atomic E-state index is 13.2. The summed E-state index contributed by atoms with van der Waals surface area (Å²) in [6.45, 7) is 7.55. The predicted molar refractivity (Wildman–Crippen MR) is 73.4 cm³/mol. The lowest BCUT2D eigenvalue weighted by Crippen LogP contribution is -2.46. The van der Waals surface area contributed by atoms with E-state index >= 15 is 0 Å². The Kier molecular flexibility index (Phi) is 4.40. The van der Waals surface area contributed by atoms with Gasteiger partial charge in [0.25, 0.3) is 0 Å². The zero-order chi connectivity index (χ0) is 12.3. The van der Waals surface area contributed by atoms with Crippen molar-refractivity contribution in [3.8, 4) is 0 Å². The van der Waals surface area contributed by atoms with Crippen LogP contribution in [-0.4, -0.2) is 37.6 Å². The molecule has 0 radical (unpaired) electrons. The highest BCUT2D eigenvalue weighted by molar-refractivity contribution is 9.08. The van der Waals surface area contributed by atoms with Crippen molar-refractivity contribution in [1.82, 2.24) is 4.90 Å². The molecule has 1 heterocycles. The highest BCUT2D eigenvalue weighted by Crippen LogP contribution is 2.25. The minimum absolute atomic E-state index is 0.157. The fourth-order valence-electron chi connectivity index (χ4n) is 2.27. The van der Waals surface area contributed by atoms with E-state index in [9.17, 15) is 4.39 Å². The standard InChI is InChI=1S/C13H18BrFN2/c1-2-16-5-7-17(8-6-16)13-4-3-12(15)9-11(13)10-14/h3-4,9H,2,5-8,10H2,1H3. The number of halogens is 2. The van der Waals surface area contributed by atoms with E-state index < -0.39 is 0 Å². The number of likely N-dealkylation sites (N-methyl/N-ethyl adjacent to an activating group) is 1. The number of rotatable bonds is 3. The molecule has 0 saturated carbocycles. The second-order valence-corrected chi connectivity index (χ2v) is 4.89. The monoisotopic (exact) mass is 300 g/mol. The molecule has 0 bridgehead atoms. The van der Waals surface area contributed by atoms with Gasteiger partial charge in [-0.1, -0.05) is 22.9 Å². The van der Waals surface area contributed by atoms with Crippen molar-refractivity contribution in [1.29, 1.82) is 0 Å². The van der Waals surface area contributed by atoms with Crippen molar-refractivity contribution in [3.63, 3.8) is 0 Å². The third kappa shape index (κ3) is 2.99. The molecule has 0 N–H and O–H groups in total. The Morgan fingerprint density at radius 3 is 2.53 bits per heavy atom. The minimum Gasteiger partial charge on any atom is -0.369 e. The van der Waals surface area contributed by atoms with Gasteiger partial charge in [0.2, 0.25) is 0 Å². The first-order chi connectivity index (χ1) is 8.24. The molecule has 17 heavy (non-hydrogen) atoms. The molecule has 94 valence electrons. The molecular formula is C13H18BrFN2. The molecule has 0 unspecified atom stereocenters. The molecule has 1 aliphatic rings. The Labute approximate surface area is 111 Å². The van der Waals surface area contributed by atoms with E-state index in [-0.39, 0.29) is 5.82 Å². The smallest absolute Gasteiger partial charge is 0.123 e. The van der Waals surface area contributed by atoms with E-state index in [1.807, 2.05) is 6.07 Å². The van der Waals surface area contributed by atoms with E-state index in [0.29, 0.717) is 5.33 Å². The van der Waals surface area contributed by atoms with Gasteiger partial charge >= 0.3 is 0 Å². The van der Waals surface area contributed by atoms with Crippen molar-refractivity contribution in [2.24, 2.45) is 0 Å². The molecule has 1 fully saturated rings. The molecule has 2 rings (SSSR count). The van der Waals surface area contributed by atoms with Gasteiger partial charge in [0.1, 0.15) is 5.82 Å². The van der Waals surface area contributed by atoms with Crippen molar-refractivity contribution >= 4 is 21.6 Å². The second kappa shape index (κ2) is 5.83. The first-order valence-electron chi connectivity index (χ1n) is 6.06. The molecule has 0 amide bonds. The Hall–Kier alpha value is -0.610. The van der Waals surface area contributed by atoms with Crippen LogP contribution in [0.4, 0.5) is 10.1 Å². The van der Waals surface area contributed by atoms with Crippen LogP contribution < -0.4 is 4.90 Å². The summed E-state index contributed by atoms with van der Waals surface area (Å²) >= 11 is 3.43. The fourth-order valence-corrected chi connectivity index (χ4v) is 2.72. The van der Waals surface area contributed by atoms with E-state index in [4.69, 9.17) is 0 Å². The van der Waals surface area contributed by atoms with Crippen molar-refractivity contribution in [2.75, 3.05) is 37.6 Å². The van der Waals surface area contributed by atoms with Gasteiger partial charge in [-0.15, -0.1) is 0 Å². The number of piperazine rings is 1. The molecule has 0 aromatic heterocycles. The molecule has 1 aromatic carbocycles. The summed E-state index contributed by atoms with van der Waals surface area (Å²) in [6, 6.07) is 5.07. The topological polar surface area (TPSA) is 6.48 Å². The lowest BCUT2D eigenvalue weighted by atomic mass is 10.1. The quantitative estimate of drug-likeness (QED) is 0.792. The number of nitrogens with zero attached hydrogens (tertiary/aromatic N) is 2. The van der Waals surface area contributed by atoms with Crippen LogP contribution in [0.1, 0.15) is 12.5 Å². The third-order valence-electron chi connectivity index (χ3n) is 3.35. The largest absolute Gasteiger partial charge is 0.369 e. The summed E-state index contributed by atoms with van der Waals surface area (Å²) in [5.74, 6) is -0.157. The number of benzene rings is 1. The van der Waals surface area contributed by atoms with Gasteiger partial charge < -0.3 is 9.80 Å². The summed E-state index contributed by atoms with van der Waals surface area (Å²) in [5, 5.41) is 0.702. The zero-order valence-corrected chi connectivity index (χ0v) is 11.7. The van der Waals surface area contributed by atoms with Gasteiger partial charge in [0, 0.05) is 37.2 Å². The summed E-state index contributed by atoms with van der Waals surface area (Å²) in [7, 11) is 0. The zero-order valence-electron chi connectivity index (χ0n) is 10.1. The number of anilines is 1. The molecule has 0 spiro atoms. The molecule has 2 nitrogen and oxygen atoms in total. The number of alkyl halides is 1. The van der Waals surface area contributed by atoms with Gasteiger partial charge in [-0.25, -0.2) is 4.39 Å². The summed E-state index contributed by atoms with van der Waals surface area (Å²) in [6.07, 6.45) is 0. The maximum Gasteiger partial charge on any atom is 0.123 e. The van der Waals surface area contributed by atoms with Gasteiger partial charge in [0.05, 0.1) is 0 Å². The number of hydrogen-bond acceptors (Lipinski definition) is 2. The lowest BCUT2D eigenvalue weighted by Gasteiger charge is -2.36. The van der Waals surface area contributed by atoms with E-state index in [1.165, 1.54) is 5.69 Å². The molecule has 1 saturated heterocycles. The summed E-state index contributed by atoms with van der Waals surface area (Å²) in [5.41, 5.74) is 2.20. The average molecular weight is 301 g/mol. The first kappa shape index (κ1) is 12.8. The molecule has 0 aliphatic carbocycles. The van der Waals surface area contributed by atoms with Gasteiger partial charge in [0.15, 0.2) is 0 Å². The third-order valence-corrected chi connectivity index (χ3v) is 3.95. The van der Waals surface area contributed by atoms with E-state index in [2.05, 4.69) is 32.7 Å². The molecule has 4 heteroatoms. The Morgan fingerprint density at radius 2 is 1.94 bits per heavy atom. The van der Waals surface area contributed by atoms with Crippen LogP contribution in [0, 0.1) is 5.82 Å². The Bertz CT molecular complexity index is 376. The molecule has 0 atom stereocenters. The second-order valence-electron chi connectivity index (χ2n) is 4.33. The van der Waals surface area contributed by atoms with Crippen LogP contribution in [0.15, 0.2) is 18.2 Å². The van der Waals surface area contributed by atoms with Crippen molar-refractivity contribution < 1.29 is 4.39 Å². The highest BCUT2D eigenvalue weighted by atomic mass is 79.9. The van der Waals surface area contributed by atoms with Crippen LogP contribution in [0.2, 0.25) is 0 Å². The lowest BCUT2D eigenvalue weighted by molar-refractivity contribution is 0.271. The van der Waals surface area contributed by atoms with Gasteiger partial charge in [-0.05, 0) is 30.3 Å². The van der Waals surface area contributed by atoms with Crippen molar-refractivity contribution in [2.45, 2.75) is 12.3 Å². The molecule has 1 aromatic rings. The Morgan fingerprint density at radius 1 is 1.24 bits per heavy atom. The van der Waals surface area contributed by atoms with Crippen molar-refractivity contribution in [3.05, 3.63) is 29.6 Å². The normalized spacial score (nSPS) is 17.5. The van der Waals surface area contributed by atoms with Crippen LogP contribution >= 0.6 is 15.9 Å². The van der Waals surface area contributed by atoms with Gasteiger partial charge in [-0.3, -0.25) is 0 Å². The first-order valence-corrected chi connectivity index (χ1v) is 7.18. The Balaban J connectivity index is 2.12. The summed E-state index contributed by atoms with van der Waals surface area (Å²) < 4.78 is 13.2. The summed E-state index contributed by atoms with van der Waals surface area (Å²) in [4.78, 5) is 4.79. The predicted octanol–water partition coefficient (Wildman–Crippen LogP) is 2.86. The van der Waals surface area contributed by atoms with Crippen LogP contribution in [-0.2, 0) is 5.33 Å². The molecular weight excluding hydrogens is 283 g/mol. The van der Waals surface area contributed by atoms with Crippen LogP contribution in [0.3, 0.4) is 0 Å². The van der Waals surface area contributed by atoms with Crippen LogP contribution in [0.5, 0.6) is 0 Å². The van der Waals surface area contributed by atoms with Crippen LogP contribution in [0.25, 0.3) is 0 Å². The highest BCUT2D eigenvalue weighted by Gasteiger charge is 2.17. The van der Waals surface area contributed by atoms with E-state index in [0.717, 1.165) is 38.3 Å². The average Bonchev–Trinajstić information content (AvgIpc) is 2.39. The molecule has 1 aliphatic heterocycles. The fraction of sp³-hybridized carbons (Fsp3) is 0.538. The number of hydrogen-bond donors (Lipinski definition) is 0. The van der Waals surface area contributed by atoms with Gasteiger partial charge in [-0.2, -0.15) is 0 Å². The minimum atomic E-state index is -0.157. The maximum absolute atomic E-state index is 13.2.